The van der Waals surface area contributed by atoms with Crippen LogP contribution in [0, 0.1) is 16.0 Å². The number of piperidine rings is 1. The summed E-state index contributed by atoms with van der Waals surface area (Å²) in [6.07, 6.45) is 3.15. The van der Waals surface area contributed by atoms with Crippen molar-refractivity contribution in [2.45, 2.75) is 88.4 Å². The van der Waals surface area contributed by atoms with Crippen LogP contribution in [0.3, 0.4) is 0 Å². The number of benzene rings is 3. The largest absolute Gasteiger partial charge is 0.497 e. The fourth-order valence-corrected chi connectivity index (χ4v) is 13.5. The number of aliphatic hydroxyl groups excluding tert-OH is 1. The van der Waals surface area contributed by atoms with Gasteiger partial charge in [-0.25, -0.2) is 0 Å². The molecule has 7 rings (SSSR count). The molecule has 13 heteroatoms. The Labute approximate surface area is 310 Å². The van der Waals surface area contributed by atoms with Crippen molar-refractivity contribution in [3.63, 3.8) is 0 Å². The number of carbonyl (C=O) groups excluding carboxylic acids is 3. The van der Waals surface area contributed by atoms with Crippen LogP contribution >= 0.6 is 0 Å². The second kappa shape index (κ2) is 14.3. The lowest BCUT2D eigenvalue weighted by molar-refractivity contribution is -0.385. The fraction of sp³-hybridized carbons (Fsp3) is 0.475. The number of fused-ring (bicyclic) bond motifs is 2. The predicted molar refractivity (Wildman–Crippen MR) is 203 cm³/mol. The van der Waals surface area contributed by atoms with Crippen LogP contribution in [0.4, 0.5) is 17.1 Å². The average Bonchev–Trinajstić information content (AvgIpc) is 3.82. The maximum absolute atomic E-state index is 15.2. The van der Waals surface area contributed by atoms with Crippen molar-refractivity contribution >= 4 is 48.0 Å². The third kappa shape index (κ3) is 6.32. The summed E-state index contributed by atoms with van der Waals surface area (Å²) in [7, 11) is -0.975. The van der Waals surface area contributed by atoms with Crippen molar-refractivity contribution in [2.24, 2.45) is 5.92 Å². The molecule has 3 fully saturated rings. The van der Waals surface area contributed by atoms with Gasteiger partial charge in [-0.2, -0.15) is 0 Å². The molecule has 53 heavy (non-hydrogen) atoms. The number of likely N-dealkylation sites (tertiary alicyclic amines) is 1. The molecule has 1 N–H and O–H groups in total. The maximum atomic E-state index is 15.2. The zero-order valence-electron chi connectivity index (χ0n) is 30.8. The minimum atomic E-state index is -2.59. The van der Waals surface area contributed by atoms with Crippen molar-refractivity contribution in [1.82, 2.24) is 4.90 Å². The van der Waals surface area contributed by atoms with Gasteiger partial charge in [0.25, 0.3) is 11.6 Å². The molecule has 5 atom stereocenters. The number of hydrogen-bond acceptors (Lipinski definition) is 8. The highest BCUT2D eigenvalue weighted by atomic mass is 28.3. The zero-order chi connectivity index (χ0) is 37.7. The summed E-state index contributed by atoms with van der Waals surface area (Å²) in [4.78, 5) is 59.0. The molecule has 0 unspecified atom stereocenters. The van der Waals surface area contributed by atoms with E-state index < -0.39 is 30.6 Å². The molecule has 3 aromatic rings. The number of nitrogens with zero attached hydrogens (tertiary/aromatic N) is 4. The SMILES string of the molecule is COc1ccc([Si](C)(C)[C@H]2[C@H](CC(=O)N3CCC[C@H]3CO)O[C@@]3(C(=O)N(Cc4cccc(N5CCCCC5=O)c4)c4ccc([N+](=O)[O-])cc43)[C@@H]2C)cc1. The molecule has 1 spiro atoms. The Morgan fingerprint density at radius 3 is 2.53 bits per heavy atom. The van der Waals surface area contributed by atoms with Crippen molar-refractivity contribution in [3.05, 3.63) is 88.0 Å². The van der Waals surface area contributed by atoms with Crippen LogP contribution in [0.5, 0.6) is 5.75 Å². The summed E-state index contributed by atoms with van der Waals surface area (Å²) >= 11 is 0. The Bertz CT molecular complexity index is 1920. The summed E-state index contributed by atoms with van der Waals surface area (Å²) in [6.45, 7) is 7.67. The lowest BCUT2D eigenvalue weighted by atomic mass is 9.82. The van der Waals surface area contributed by atoms with Crippen LogP contribution in [0.25, 0.3) is 0 Å². The molecular formula is C40H48N4O8Si. The number of ether oxygens (including phenoxy) is 2. The van der Waals surface area contributed by atoms with Crippen molar-refractivity contribution in [2.75, 3.05) is 36.6 Å². The maximum Gasteiger partial charge on any atom is 0.269 e. The van der Waals surface area contributed by atoms with E-state index in [1.165, 1.54) is 12.1 Å². The Hall–Kier alpha value is -4.59. The Balaban J connectivity index is 1.31. The molecule has 3 aromatic carbocycles. The van der Waals surface area contributed by atoms with Crippen molar-refractivity contribution in [1.29, 1.82) is 0 Å². The van der Waals surface area contributed by atoms with E-state index in [4.69, 9.17) is 9.47 Å². The summed E-state index contributed by atoms with van der Waals surface area (Å²) in [6, 6.07) is 19.8. The molecule has 12 nitrogen and oxygen atoms in total. The third-order valence-corrected chi connectivity index (χ3v) is 16.6. The van der Waals surface area contributed by atoms with Crippen molar-refractivity contribution < 1.29 is 33.9 Å². The molecule has 0 bridgehead atoms. The fourth-order valence-electron chi connectivity index (χ4n) is 9.50. The van der Waals surface area contributed by atoms with E-state index in [1.807, 2.05) is 55.5 Å². The zero-order valence-corrected chi connectivity index (χ0v) is 31.8. The van der Waals surface area contributed by atoms with Gasteiger partial charge in [0, 0.05) is 48.8 Å². The topological polar surface area (TPSA) is 143 Å². The first-order valence-electron chi connectivity index (χ1n) is 18.6. The van der Waals surface area contributed by atoms with Crippen LogP contribution < -0.4 is 19.7 Å². The van der Waals surface area contributed by atoms with E-state index in [0.29, 0.717) is 30.8 Å². The highest BCUT2D eigenvalue weighted by molar-refractivity contribution is 6.91. The molecule has 0 aromatic heterocycles. The normalized spacial score (nSPS) is 25.7. The first kappa shape index (κ1) is 36.8. The summed E-state index contributed by atoms with van der Waals surface area (Å²) in [5.74, 6) is -0.130. The molecule has 3 amide bonds. The summed E-state index contributed by atoms with van der Waals surface area (Å²) in [5.41, 5.74) is 0.555. The van der Waals surface area contributed by atoms with Crippen LogP contribution in [0.2, 0.25) is 18.6 Å². The summed E-state index contributed by atoms with van der Waals surface area (Å²) < 4.78 is 12.5. The number of amides is 3. The summed E-state index contributed by atoms with van der Waals surface area (Å²) in [5, 5.41) is 23.3. The number of nitro groups is 1. The quantitative estimate of drug-likeness (QED) is 0.169. The smallest absolute Gasteiger partial charge is 0.269 e. The van der Waals surface area contributed by atoms with E-state index in [1.54, 1.807) is 27.9 Å². The van der Waals surface area contributed by atoms with Crippen LogP contribution in [-0.2, 0) is 31.3 Å². The molecule has 0 aliphatic carbocycles. The first-order valence-corrected chi connectivity index (χ1v) is 21.7. The van der Waals surface area contributed by atoms with Crippen molar-refractivity contribution in [3.8, 4) is 5.75 Å². The molecule has 3 saturated heterocycles. The number of hydrogen-bond donors (Lipinski definition) is 1. The second-order valence-electron chi connectivity index (χ2n) is 15.4. The number of rotatable bonds is 10. The monoisotopic (exact) mass is 740 g/mol. The molecule has 4 aliphatic rings. The molecule has 280 valence electrons. The van der Waals surface area contributed by atoms with Gasteiger partial charge in [-0.15, -0.1) is 0 Å². The Kier molecular flexibility index (Phi) is 9.94. The molecular weight excluding hydrogens is 693 g/mol. The molecule has 4 aliphatic heterocycles. The van der Waals surface area contributed by atoms with Gasteiger partial charge in [0.2, 0.25) is 11.8 Å². The van der Waals surface area contributed by atoms with Gasteiger partial charge in [-0.1, -0.05) is 49.5 Å². The lowest BCUT2D eigenvalue weighted by Gasteiger charge is -2.37. The standard InChI is InChI=1S/C40H48N4O8Si/c1-26-38(53(3,4)32-16-14-31(51-2)15-17-32)35(23-37(47)42-20-8-11-30(42)25-45)52-40(26)33-22-29(44(49)50)13-18-34(33)43(39(40)48)24-27-9-7-10-28(21-27)41-19-6-5-12-36(41)46/h7,9-10,13-18,21-22,26,30,35,38,45H,5-6,8,11-12,19-20,23-25H2,1-4H3/t26-,30+,35+,38-,40+/m1/s1. The Morgan fingerprint density at radius 2 is 1.83 bits per heavy atom. The van der Waals surface area contributed by atoms with E-state index >= 15 is 4.79 Å². The number of carbonyl (C=O) groups is 3. The highest BCUT2D eigenvalue weighted by Gasteiger charge is 2.67. The molecule has 0 saturated carbocycles. The van der Waals surface area contributed by atoms with Crippen LogP contribution in [0.15, 0.2) is 66.7 Å². The van der Waals surface area contributed by atoms with E-state index in [2.05, 4.69) is 13.1 Å². The number of anilines is 2. The minimum Gasteiger partial charge on any atom is -0.497 e. The average molecular weight is 741 g/mol. The van der Waals surface area contributed by atoms with Gasteiger partial charge in [-0.3, -0.25) is 24.5 Å². The molecule has 0 radical (unpaired) electrons. The van der Waals surface area contributed by atoms with Gasteiger partial charge < -0.3 is 29.3 Å². The van der Waals surface area contributed by atoms with Gasteiger partial charge in [0.1, 0.15) is 5.75 Å². The Morgan fingerprint density at radius 1 is 1.06 bits per heavy atom. The third-order valence-electron chi connectivity index (χ3n) is 12.2. The minimum absolute atomic E-state index is 0.0172. The predicted octanol–water partition coefficient (Wildman–Crippen LogP) is 5.26. The van der Waals surface area contributed by atoms with Crippen LogP contribution in [-0.4, -0.2) is 79.7 Å². The van der Waals surface area contributed by atoms with Gasteiger partial charge in [0.15, 0.2) is 5.60 Å². The number of nitro benzene ring substituents is 1. The van der Waals surface area contributed by atoms with Gasteiger partial charge in [-0.05, 0) is 67.1 Å². The van der Waals surface area contributed by atoms with E-state index in [-0.39, 0.29) is 54.6 Å². The number of methoxy groups -OCH3 is 1. The number of non-ortho nitro benzene ring substituents is 1. The highest BCUT2D eigenvalue weighted by Crippen LogP contribution is 2.60. The number of aliphatic hydroxyl groups is 1. The van der Waals surface area contributed by atoms with E-state index in [9.17, 15) is 24.8 Å². The van der Waals surface area contributed by atoms with E-state index in [0.717, 1.165) is 47.9 Å². The van der Waals surface area contributed by atoms with Crippen LogP contribution in [0.1, 0.15) is 56.6 Å². The van der Waals surface area contributed by atoms with Gasteiger partial charge >= 0.3 is 0 Å². The second-order valence-corrected chi connectivity index (χ2v) is 20.1. The molecule has 4 heterocycles. The lowest BCUT2D eigenvalue weighted by Crippen LogP contribution is -2.52. The first-order chi connectivity index (χ1) is 25.4. The van der Waals surface area contributed by atoms with Gasteiger partial charge in [0.05, 0.1) is 57.5 Å².